The minimum absolute atomic E-state index is 0.0213. The molecule has 0 aliphatic carbocycles. The predicted molar refractivity (Wildman–Crippen MR) is 106 cm³/mol. The van der Waals surface area contributed by atoms with Crippen LogP contribution in [0.1, 0.15) is 29.9 Å². The van der Waals surface area contributed by atoms with E-state index in [9.17, 15) is 14.7 Å². The van der Waals surface area contributed by atoms with Gasteiger partial charge >= 0.3 is 0 Å². The highest BCUT2D eigenvalue weighted by atomic mass is 16.3. The van der Waals surface area contributed by atoms with Gasteiger partial charge in [-0.1, -0.05) is 49.4 Å². The van der Waals surface area contributed by atoms with Crippen LogP contribution in [0.3, 0.4) is 0 Å². The number of aryl methyl sites for hydroxylation is 1. The number of hydrogen-bond donors (Lipinski definition) is 1. The number of carbonyl (C=O) groups is 2. The minimum Gasteiger partial charge on any atom is -0.507 e. The highest BCUT2D eigenvalue weighted by Crippen LogP contribution is 2.42. The lowest BCUT2D eigenvalue weighted by Crippen LogP contribution is -2.29. The molecule has 0 radical (unpaired) electrons. The third kappa shape index (κ3) is 2.91. The van der Waals surface area contributed by atoms with Gasteiger partial charge in [0.05, 0.1) is 11.8 Å². The van der Waals surface area contributed by atoms with E-state index in [2.05, 4.69) is 0 Å². The van der Waals surface area contributed by atoms with Crippen LogP contribution in [0.5, 0.6) is 0 Å². The lowest BCUT2D eigenvalue weighted by molar-refractivity contribution is -0.132. The van der Waals surface area contributed by atoms with Crippen LogP contribution in [0.4, 0.5) is 5.69 Å². The topological polar surface area (TPSA) is 70.8 Å². The monoisotopic (exact) mass is 373 g/mol. The molecule has 140 valence electrons. The summed E-state index contributed by atoms with van der Waals surface area (Å²) in [6, 6.07) is 18.8. The van der Waals surface area contributed by atoms with Crippen molar-refractivity contribution in [2.75, 3.05) is 4.90 Å². The molecule has 1 aromatic heterocycles. The summed E-state index contributed by atoms with van der Waals surface area (Å²) in [7, 11) is 0. The van der Waals surface area contributed by atoms with Crippen molar-refractivity contribution in [1.29, 1.82) is 0 Å². The summed E-state index contributed by atoms with van der Waals surface area (Å²) < 4.78 is 5.53. The highest BCUT2D eigenvalue weighted by molar-refractivity contribution is 6.51. The molecule has 1 fully saturated rings. The molecule has 0 spiro atoms. The first kappa shape index (κ1) is 17.8. The van der Waals surface area contributed by atoms with E-state index in [0.717, 1.165) is 12.0 Å². The number of Topliss-reactive ketones (excluding diaryl/α,β-unsaturated/α-hetero) is 1. The van der Waals surface area contributed by atoms with Crippen molar-refractivity contribution >= 4 is 23.1 Å². The van der Waals surface area contributed by atoms with Gasteiger partial charge in [-0.05, 0) is 36.2 Å². The number of anilines is 1. The van der Waals surface area contributed by atoms with Crippen molar-refractivity contribution < 1.29 is 19.1 Å². The Labute approximate surface area is 162 Å². The quantitative estimate of drug-likeness (QED) is 0.416. The minimum atomic E-state index is -0.830. The summed E-state index contributed by atoms with van der Waals surface area (Å²) in [5.41, 5.74) is 2.18. The molecule has 4 rings (SSSR count). The van der Waals surface area contributed by atoms with Gasteiger partial charge in [0.15, 0.2) is 0 Å². The third-order valence-corrected chi connectivity index (χ3v) is 4.93. The molecular weight excluding hydrogens is 354 g/mol. The molecule has 1 atom stereocenters. The summed E-state index contributed by atoms with van der Waals surface area (Å²) in [5, 5.41) is 10.9. The molecule has 2 heterocycles. The average molecular weight is 373 g/mol. The molecule has 0 bridgehead atoms. The number of rotatable bonds is 4. The van der Waals surface area contributed by atoms with Gasteiger partial charge in [-0.25, -0.2) is 0 Å². The standard InChI is InChI=1S/C23H19NO4/c1-2-15-10-12-16(13-11-15)21(25)19-20(18-9-6-14-28-18)24(23(27)22(19)26)17-7-4-3-5-8-17/h3-14,20,25H,2H2,1H3/b21-19-. The van der Waals surface area contributed by atoms with Crippen molar-refractivity contribution in [3.8, 4) is 0 Å². The second kappa shape index (κ2) is 7.19. The van der Waals surface area contributed by atoms with Gasteiger partial charge < -0.3 is 9.52 Å². The molecule has 1 N–H and O–H groups in total. The fourth-order valence-electron chi connectivity index (χ4n) is 3.46. The Morgan fingerprint density at radius 1 is 1.00 bits per heavy atom. The van der Waals surface area contributed by atoms with E-state index in [1.807, 2.05) is 25.1 Å². The molecule has 1 amide bonds. The maximum atomic E-state index is 12.9. The molecule has 5 heteroatoms. The van der Waals surface area contributed by atoms with Gasteiger partial charge in [-0.3, -0.25) is 14.5 Å². The molecule has 0 saturated carbocycles. The highest BCUT2D eigenvalue weighted by Gasteiger charge is 2.48. The first-order chi connectivity index (χ1) is 13.6. The Morgan fingerprint density at radius 2 is 1.71 bits per heavy atom. The fraction of sp³-hybridized carbons (Fsp3) is 0.130. The van der Waals surface area contributed by atoms with Crippen LogP contribution in [-0.4, -0.2) is 16.8 Å². The van der Waals surface area contributed by atoms with Crippen LogP contribution < -0.4 is 4.90 Å². The number of furan rings is 1. The first-order valence-electron chi connectivity index (χ1n) is 9.10. The second-order valence-electron chi connectivity index (χ2n) is 6.57. The number of aliphatic hydroxyl groups is 1. The van der Waals surface area contributed by atoms with Crippen LogP contribution in [0.15, 0.2) is 83.0 Å². The van der Waals surface area contributed by atoms with Gasteiger partial charge in [0, 0.05) is 11.3 Å². The molecular formula is C23H19NO4. The van der Waals surface area contributed by atoms with Crippen LogP contribution in [-0.2, 0) is 16.0 Å². The van der Waals surface area contributed by atoms with Crippen LogP contribution >= 0.6 is 0 Å². The predicted octanol–water partition coefficient (Wildman–Crippen LogP) is 4.47. The van der Waals surface area contributed by atoms with Crippen LogP contribution in [0.25, 0.3) is 5.76 Å². The van der Waals surface area contributed by atoms with E-state index in [1.165, 1.54) is 11.2 Å². The molecule has 2 aromatic carbocycles. The first-order valence-corrected chi connectivity index (χ1v) is 9.10. The Morgan fingerprint density at radius 3 is 2.32 bits per heavy atom. The molecule has 3 aromatic rings. The summed E-state index contributed by atoms with van der Waals surface area (Å²) in [6.45, 7) is 2.04. The van der Waals surface area contributed by atoms with E-state index in [1.54, 1.807) is 48.5 Å². The maximum Gasteiger partial charge on any atom is 0.300 e. The lowest BCUT2D eigenvalue weighted by Gasteiger charge is -2.23. The Balaban J connectivity index is 1.89. The largest absolute Gasteiger partial charge is 0.507 e. The number of aliphatic hydroxyl groups excluding tert-OH is 1. The number of ketones is 1. The number of carbonyl (C=O) groups excluding carboxylic acids is 2. The molecule has 1 aliphatic rings. The number of nitrogens with zero attached hydrogens (tertiary/aromatic N) is 1. The Hall–Kier alpha value is -3.60. The van der Waals surface area contributed by atoms with Gasteiger partial charge in [0.2, 0.25) is 0 Å². The fourth-order valence-corrected chi connectivity index (χ4v) is 3.46. The van der Waals surface area contributed by atoms with Gasteiger partial charge in [0.25, 0.3) is 11.7 Å². The lowest BCUT2D eigenvalue weighted by atomic mass is 9.98. The van der Waals surface area contributed by atoms with E-state index in [0.29, 0.717) is 17.0 Å². The van der Waals surface area contributed by atoms with Crippen molar-refractivity contribution in [2.24, 2.45) is 0 Å². The molecule has 1 unspecified atom stereocenters. The van der Waals surface area contributed by atoms with Crippen LogP contribution in [0, 0.1) is 0 Å². The zero-order valence-electron chi connectivity index (χ0n) is 15.3. The number of hydrogen-bond acceptors (Lipinski definition) is 4. The average Bonchev–Trinajstić information content (AvgIpc) is 3.35. The number of para-hydroxylation sites is 1. The van der Waals surface area contributed by atoms with Gasteiger partial charge in [-0.2, -0.15) is 0 Å². The molecule has 1 aliphatic heterocycles. The molecule has 28 heavy (non-hydrogen) atoms. The van der Waals surface area contributed by atoms with Gasteiger partial charge in [0.1, 0.15) is 17.6 Å². The van der Waals surface area contributed by atoms with Crippen molar-refractivity contribution in [1.82, 2.24) is 0 Å². The molecule has 5 nitrogen and oxygen atoms in total. The maximum absolute atomic E-state index is 12.9. The summed E-state index contributed by atoms with van der Waals surface area (Å²) >= 11 is 0. The number of benzene rings is 2. The third-order valence-electron chi connectivity index (χ3n) is 4.93. The number of amides is 1. The zero-order valence-corrected chi connectivity index (χ0v) is 15.3. The van der Waals surface area contributed by atoms with Crippen molar-refractivity contribution in [3.63, 3.8) is 0 Å². The smallest absolute Gasteiger partial charge is 0.300 e. The normalized spacial score (nSPS) is 18.6. The van der Waals surface area contributed by atoms with E-state index in [4.69, 9.17) is 4.42 Å². The zero-order chi connectivity index (χ0) is 19.7. The summed E-state index contributed by atoms with van der Waals surface area (Å²) in [4.78, 5) is 27.1. The van der Waals surface area contributed by atoms with E-state index in [-0.39, 0.29) is 11.3 Å². The van der Waals surface area contributed by atoms with Gasteiger partial charge in [-0.15, -0.1) is 0 Å². The summed E-state index contributed by atoms with van der Waals surface area (Å²) in [5.74, 6) is -1.22. The van der Waals surface area contributed by atoms with E-state index >= 15 is 0 Å². The Bertz CT molecular complexity index is 1030. The van der Waals surface area contributed by atoms with Crippen LogP contribution in [0.2, 0.25) is 0 Å². The van der Waals surface area contributed by atoms with Crippen molar-refractivity contribution in [2.45, 2.75) is 19.4 Å². The van der Waals surface area contributed by atoms with E-state index < -0.39 is 17.7 Å². The summed E-state index contributed by atoms with van der Waals surface area (Å²) in [6.07, 6.45) is 2.35. The molecule has 1 saturated heterocycles. The second-order valence-corrected chi connectivity index (χ2v) is 6.57. The van der Waals surface area contributed by atoms with Crippen molar-refractivity contribution in [3.05, 3.63) is 95.5 Å². The SMILES string of the molecule is CCc1ccc(/C(O)=C2/C(=O)C(=O)N(c3ccccc3)C2c2ccco2)cc1. The Kier molecular flexibility index (Phi) is 4.57.